The predicted molar refractivity (Wildman–Crippen MR) is 60.5 cm³/mol. The molecule has 1 aliphatic heterocycles. The molecule has 2 amide bonds. The molecule has 2 aliphatic rings. The second-order valence-corrected chi connectivity index (χ2v) is 4.85. The summed E-state index contributed by atoms with van der Waals surface area (Å²) in [6, 6.07) is 0. The van der Waals surface area contributed by atoms with Crippen molar-refractivity contribution in [1.29, 1.82) is 0 Å². The molecule has 0 radical (unpaired) electrons. The van der Waals surface area contributed by atoms with E-state index in [0.29, 0.717) is 6.42 Å². The van der Waals surface area contributed by atoms with Crippen LogP contribution in [0.1, 0.15) is 45.4 Å². The van der Waals surface area contributed by atoms with Crippen LogP contribution >= 0.6 is 0 Å². The van der Waals surface area contributed by atoms with Gasteiger partial charge in [-0.2, -0.15) is 0 Å². The van der Waals surface area contributed by atoms with Gasteiger partial charge < -0.3 is 10.6 Å². The van der Waals surface area contributed by atoms with Crippen LogP contribution in [0.25, 0.3) is 0 Å². The van der Waals surface area contributed by atoms with Crippen LogP contribution in [0.2, 0.25) is 0 Å². The minimum absolute atomic E-state index is 0.0642. The van der Waals surface area contributed by atoms with Crippen LogP contribution in [0.5, 0.6) is 0 Å². The molecule has 1 heterocycles. The first-order valence-corrected chi connectivity index (χ1v) is 6.28. The molecule has 0 aromatic heterocycles. The first-order chi connectivity index (χ1) is 7.71. The highest BCUT2D eigenvalue weighted by atomic mass is 16.2. The molecule has 0 aromatic carbocycles. The number of hydrogen-bond donors (Lipinski definition) is 2. The number of nitrogens with one attached hydrogen (secondary N) is 2. The maximum absolute atomic E-state index is 12.1. The number of carbonyl (C=O) groups excluding carboxylic acids is 2. The molecule has 1 aliphatic carbocycles. The first kappa shape index (κ1) is 11.4. The van der Waals surface area contributed by atoms with Crippen molar-refractivity contribution in [2.24, 2.45) is 11.3 Å². The first-order valence-electron chi connectivity index (χ1n) is 6.28. The van der Waals surface area contributed by atoms with E-state index in [1.807, 2.05) is 6.92 Å². The smallest absolute Gasteiger partial charge is 0.237 e. The Kier molecular flexibility index (Phi) is 3.17. The maximum atomic E-state index is 12.1. The van der Waals surface area contributed by atoms with E-state index < -0.39 is 5.41 Å². The molecule has 0 atom stereocenters. The third-order valence-electron chi connectivity index (χ3n) is 4.17. The van der Waals surface area contributed by atoms with E-state index in [-0.39, 0.29) is 24.4 Å². The van der Waals surface area contributed by atoms with Crippen molar-refractivity contribution in [1.82, 2.24) is 10.6 Å². The Morgan fingerprint density at radius 1 is 1.12 bits per heavy atom. The molecule has 4 nitrogen and oxygen atoms in total. The van der Waals surface area contributed by atoms with Gasteiger partial charge in [0.2, 0.25) is 11.8 Å². The van der Waals surface area contributed by atoms with Crippen molar-refractivity contribution in [2.75, 3.05) is 6.67 Å². The van der Waals surface area contributed by atoms with Crippen LogP contribution in [-0.2, 0) is 9.59 Å². The SMILES string of the molecule is CCC1(C2CCCCC2)C(=O)NCNC1=O. The second kappa shape index (κ2) is 4.44. The van der Waals surface area contributed by atoms with E-state index in [2.05, 4.69) is 10.6 Å². The monoisotopic (exact) mass is 224 g/mol. The molecule has 0 spiro atoms. The second-order valence-electron chi connectivity index (χ2n) is 4.85. The van der Waals surface area contributed by atoms with Gasteiger partial charge in [0.05, 0.1) is 6.67 Å². The van der Waals surface area contributed by atoms with Crippen molar-refractivity contribution >= 4 is 11.8 Å². The van der Waals surface area contributed by atoms with E-state index in [9.17, 15) is 9.59 Å². The molecule has 4 heteroatoms. The van der Waals surface area contributed by atoms with Gasteiger partial charge in [-0.1, -0.05) is 26.2 Å². The Morgan fingerprint density at radius 3 is 2.19 bits per heavy atom. The standard InChI is InChI=1S/C12H20N2O2/c1-2-12(9-6-4-3-5-7-9)10(15)13-8-14-11(12)16/h9H,2-8H2,1H3,(H,13,15)(H,14,16). The van der Waals surface area contributed by atoms with Crippen LogP contribution in [0, 0.1) is 11.3 Å². The molecule has 1 saturated carbocycles. The summed E-state index contributed by atoms with van der Waals surface area (Å²) in [6.07, 6.45) is 6.15. The van der Waals surface area contributed by atoms with E-state index in [1.165, 1.54) is 6.42 Å². The van der Waals surface area contributed by atoms with Crippen LogP contribution in [0.3, 0.4) is 0 Å². The van der Waals surface area contributed by atoms with Crippen molar-refractivity contribution in [3.05, 3.63) is 0 Å². The molecule has 2 N–H and O–H groups in total. The van der Waals surface area contributed by atoms with Gasteiger partial charge in [-0.25, -0.2) is 0 Å². The van der Waals surface area contributed by atoms with E-state index in [1.54, 1.807) is 0 Å². The highest BCUT2D eigenvalue weighted by molar-refractivity contribution is 6.07. The summed E-state index contributed by atoms with van der Waals surface area (Å²) in [4.78, 5) is 24.2. The predicted octanol–water partition coefficient (Wildman–Crippen LogP) is 1.17. The Hall–Kier alpha value is -1.06. The van der Waals surface area contributed by atoms with Crippen molar-refractivity contribution in [3.63, 3.8) is 0 Å². The number of carbonyl (C=O) groups is 2. The Balaban J connectivity index is 2.27. The molecular formula is C12H20N2O2. The van der Waals surface area contributed by atoms with Gasteiger partial charge in [-0.05, 0) is 25.2 Å². The zero-order valence-corrected chi connectivity index (χ0v) is 9.84. The van der Waals surface area contributed by atoms with Crippen molar-refractivity contribution < 1.29 is 9.59 Å². The fraction of sp³-hybridized carbons (Fsp3) is 0.833. The molecule has 2 fully saturated rings. The highest BCUT2D eigenvalue weighted by Gasteiger charge is 2.51. The average Bonchev–Trinajstić information content (AvgIpc) is 2.31. The molecule has 0 unspecified atom stereocenters. The molecule has 90 valence electrons. The topological polar surface area (TPSA) is 58.2 Å². The lowest BCUT2D eigenvalue weighted by Crippen LogP contribution is -2.62. The fourth-order valence-corrected chi connectivity index (χ4v) is 3.20. The zero-order chi connectivity index (χ0) is 11.6. The molecule has 2 rings (SSSR count). The normalized spacial score (nSPS) is 26.1. The summed E-state index contributed by atoms with van der Waals surface area (Å²) >= 11 is 0. The van der Waals surface area contributed by atoms with Crippen molar-refractivity contribution in [2.45, 2.75) is 45.4 Å². The van der Waals surface area contributed by atoms with E-state index in [0.717, 1.165) is 25.7 Å². The van der Waals surface area contributed by atoms with Crippen LogP contribution in [0.15, 0.2) is 0 Å². The van der Waals surface area contributed by atoms with Gasteiger partial charge in [0, 0.05) is 0 Å². The number of hydrogen-bond acceptors (Lipinski definition) is 2. The Bertz CT molecular complexity index is 279. The summed E-state index contributed by atoms with van der Waals surface area (Å²) in [5.41, 5.74) is -0.793. The third-order valence-corrected chi connectivity index (χ3v) is 4.17. The summed E-state index contributed by atoms with van der Waals surface area (Å²) in [5.74, 6) is 0.0999. The van der Waals surface area contributed by atoms with Gasteiger partial charge in [-0.3, -0.25) is 9.59 Å². The number of amides is 2. The molecule has 16 heavy (non-hydrogen) atoms. The highest BCUT2D eigenvalue weighted by Crippen LogP contribution is 2.42. The lowest BCUT2D eigenvalue weighted by Gasteiger charge is -2.41. The van der Waals surface area contributed by atoms with Gasteiger partial charge >= 0.3 is 0 Å². The fourth-order valence-electron chi connectivity index (χ4n) is 3.20. The van der Waals surface area contributed by atoms with E-state index >= 15 is 0 Å². The van der Waals surface area contributed by atoms with Gasteiger partial charge in [0.1, 0.15) is 5.41 Å². The number of rotatable bonds is 2. The summed E-state index contributed by atoms with van der Waals surface area (Å²) in [7, 11) is 0. The average molecular weight is 224 g/mol. The third kappa shape index (κ3) is 1.60. The van der Waals surface area contributed by atoms with Crippen LogP contribution in [0.4, 0.5) is 0 Å². The van der Waals surface area contributed by atoms with Gasteiger partial charge in [-0.15, -0.1) is 0 Å². The molecule has 1 saturated heterocycles. The summed E-state index contributed by atoms with van der Waals surface area (Å²) in [5, 5.41) is 5.56. The maximum Gasteiger partial charge on any atom is 0.237 e. The molecule has 0 aromatic rings. The Morgan fingerprint density at radius 2 is 1.69 bits per heavy atom. The lowest BCUT2D eigenvalue weighted by atomic mass is 9.65. The van der Waals surface area contributed by atoms with Gasteiger partial charge in [0.25, 0.3) is 0 Å². The van der Waals surface area contributed by atoms with Gasteiger partial charge in [0.15, 0.2) is 0 Å². The van der Waals surface area contributed by atoms with Crippen LogP contribution < -0.4 is 10.6 Å². The Labute approximate surface area is 96.2 Å². The minimum atomic E-state index is -0.793. The summed E-state index contributed by atoms with van der Waals surface area (Å²) < 4.78 is 0. The lowest BCUT2D eigenvalue weighted by molar-refractivity contribution is -0.152. The zero-order valence-electron chi connectivity index (χ0n) is 9.84. The quantitative estimate of drug-likeness (QED) is 0.692. The summed E-state index contributed by atoms with van der Waals surface area (Å²) in [6.45, 7) is 2.23. The molecular weight excluding hydrogens is 204 g/mol. The minimum Gasteiger partial charge on any atom is -0.338 e. The van der Waals surface area contributed by atoms with E-state index in [4.69, 9.17) is 0 Å². The van der Waals surface area contributed by atoms with Crippen LogP contribution in [-0.4, -0.2) is 18.5 Å². The van der Waals surface area contributed by atoms with Crippen molar-refractivity contribution in [3.8, 4) is 0 Å². The molecule has 0 bridgehead atoms. The largest absolute Gasteiger partial charge is 0.338 e.